The Morgan fingerprint density at radius 1 is 1.20 bits per heavy atom. The second-order valence-corrected chi connectivity index (χ2v) is 6.41. The summed E-state index contributed by atoms with van der Waals surface area (Å²) < 4.78 is 5.99. The van der Waals surface area contributed by atoms with Gasteiger partial charge in [-0.25, -0.2) is 4.79 Å². The van der Waals surface area contributed by atoms with E-state index in [0.29, 0.717) is 5.92 Å². The van der Waals surface area contributed by atoms with Crippen molar-refractivity contribution in [2.75, 3.05) is 19.7 Å². The number of piperidine rings is 1. The molecular formula is C20H24N2O3. The van der Waals surface area contributed by atoms with Crippen molar-refractivity contribution in [3.8, 4) is 16.9 Å². The van der Waals surface area contributed by atoms with Crippen LogP contribution in [0, 0.1) is 5.92 Å². The Kier molecular flexibility index (Phi) is 5.68. The summed E-state index contributed by atoms with van der Waals surface area (Å²) in [6.45, 7) is 3.14. The van der Waals surface area contributed by atoms with Gasteiger partial charge in [-0.2, -0.15) is 0 Å². The highest BCUT2D eigenvalue weighted by molar-refractivity contribution is 5.89. The predicted molar refractivity (Wildman–Crippen MR) is 97.8 cm³/mol. The summed E-state index contributed by atoms with van der Waals surface area (Å²) in [5, 5.41) is 12.5. The second-order valence-electron chi connectivity index (χ2n) is 6.41. The number of nitrogens with one attached hydrogen (secondary N) is 1. The maximum absolute atomic E-state index is 11.1. The molecule has 0 aromatic heterocycles. The summed E-state index contributed by atoms with van der Waals surface area (Å²) in [5.41, 5.74) is 8.82. The SMILES string of the molecule is NCc1cc(C(=O)O)ccc1-c1cccc(OCC2CCNCC2)c1. The molecule has 0 bridgehead atoms. The Hall–Kier alpha value is -2.37. The molecular weight excluding hydrogens is 316 g/mol. The molecule has 0 radical (unpaired) electrons. The molecule has 1 saturated heterocycles. The molecule has 1 fully saturated rings. The van der Waals surface area contributed by atoms with E-state index in [2.05, 4.69) is 5.32 Å². The minimum atomic E-state index is -0.944. The Labute approximate surface area is 147 Å². The van der Waals surface area contributed by atoms with Crippen LogP contribution in [0.1, 0.15) is 28.8 Å². The number of benzene rings is 2. The molecule has 5 nitrogen and oxygen atoms in total. The van der Waals surface area contributed by atoms with Gasteiger partial charge in [-0.05, 0) is 72.8 Å². The third-order valence-electron chi connectivity index (χ3n) is 4.66. The zero-order valence-electron chi connectivity index (χ0n) is 14.2. The zero-order valence-corrected chi connectivity index (χ0v) is 14.2. The lowest BCUT2D eigenvalue weighted by molar-refractivity contribution is 0.0697. The Balaban J connectivity index is 1.77. The van der Waals surface area contributed by atoms with Gasteiger partial charge in [0, 0.05) is 6.54 Å². The molecule has 0 aliphatic carbocycles. The fourth-order valence-corrected chi connectivity index (χ4v) is 3.19. The Morgan fingerprint density at radius 3 is 2.72 bits per heavy atom. The quantitative estimate of drug-likeness (QED) is 0.753. The second kappa shape index (κ2) is 8.14. The summed E-state index contributed by atoms with van der Waals surface area (Å²) in [7, 11) is 0. The lowest BCUT2D eigenvalue weighted by atomic mass is 9.97. The highest BCUT2D eigenvalue weighted by Crippen LogP contribution is 2.28. The van der Waals surface area contributed by atoms with Crippen LogP contribution in [0.5, 0.6) is 5.75 Å². The molecule has 1 heterocycles. The lowest BCUT2D eigenvalue weighted by Crippen LogP contribution is -2.30. The maximum atomic E-state index is 11.1. The minimum absolute atomic E-state index is 0.252. The van der Waals surface area contributed by atoms with Crippen molar-refractivity contribution >= 4 is 5.97 Å². The van der Waals surface area contributed by atoms with Crippen molar-refractivity contribution in [2.24, 2.45) is 11.7 Å². The number of aromatic carboxylic acids is 1. The van der Waals surface area contributed by atoms with Gasteiger partial charge >= 0.3 is 5.97 Å². The van der Waals surface area contributed by atoms with Crippen LogP contribution in [-0.2, 0) is 6.54 Å². The topological polar surface area (TPSA) is 84.6 Å². The normalized spacial score (nSPS) is 15.1. The number of hydrogen-bond donors (Lipinski definition) is 3. The van der Waals surface area contributed by atoms with E-state index in [1.54, 1.807) is 12.1 Å². The maximum Gasteiger partial charge on any atom is 0.335 e. The molecule has 1 aliphatic heterocycles. The van der Waals surface area contributed by atoms with Crippen LogP contribution in [0.25, 0.3) is 11.1 Å². The Bertz CT molecular complexity index is 739. The highest BCUT2D eigenvalue weighted by atomic mass is 16.5. The summed E-state index contributed by atoms with van der Waals surface area (Å²) in [5.74, 6) is 0.487. The molecule has 0 amide bonds. The molecule has 2 aromatic carbocycles. The van der Waals surface area contributed by atoms with Crippen molar-refractivity contribution in [2.45, 2.75) is 19.4 Å². The molecule has 0 spiro atoms. The first-order chi connectivity index (χ1) is 12.2. The largest absolute Gasteiger partial charge is 0.493 e. The van der Waals surface area contributed by atoms with Gasteiger partial charge in [-0.15, -0.1) is 0 Å². The van der Waals surface area contributed by atoms with Crippen molar-refractivity contribution in [3.63, 3.8) is 0 Å². The first kappa shape index (κ1) is 17.5. The molecule has 0 saturated carbocycles. The van der Waals surface area contributed by atoms with Gasteiger partial charge in [0.1, 0.15) is 5.75 Å². The fraction of sp³-hybridized carbons (Fsp3) is 0.350. The van der Waals surface area contributed by atoms with Gasteiger partial charge in [0.25, 0.3) is 0 Å². The van der Waals surface area contributed by atoms with E-state index >= 15 is 0 Å². The molecule has 0 unspecified atom stereocenters. The average molecular weight is 340 g/mol. The van der Waals surface area contributed by atoms with E-state index in [9.17, 15) is 4.79 Å². The number of rotatable bonds is 6. The fourth-order valence-electron chi connectivity index (χ4n) is 3.19. The van der Waals surface area contributed by atoms with E-state index in [4.69, 9.17) is 15.6 Å². The molecule has 4 N–H and O–H groups in total. The number of nitrogens with two attached hydrogens (primary N) is 1. The number of carbonyl (C=O) groups is 1. The van der Waals surface area contributed by atoms with Gasteiger partial charge in [-0.3, -0.25) is 0 Å². The van der Waals surface area contributed by atoms with E-state index in [1.165, 1.54) is 0 Å². The standard InChI is InChI=1S/C20H24N2O3/c21-12-17-10-16(20(23)24)4-5-19(17)15-2-1-3-18(11-15)25-13-14-6-8-22-9-7-14/h1-5,10-11,14,22H,6-9,12-13,21H2,(H,23,24). The number of hydrogen-bond acceptors (Lipinski definition) is 4. The Morgan fingerprint density at radius 2 is 2.00 bits per heavy atom. The van der Waals surface area contributed by atoms with Crippen LogP contribution in [0.3, 0.4) is 0 Å². The molecule has 1 aliphatic rings. The van der Waals surface area contributed by atoms with Gasteiger partial charge in [0.2, 0.25) is 0 Å². The minimum Gasteiger partial charge on any atom is -0.493 e. The van der Waals surface area contributed by atoms with Crippen LogP contribution in [0.2, 0.25) is 0 Å². The lowest BCUT2D eigenvalue weighted by Gasteiger charge is -2.22. The smallest absolute Gasteiger partial charge is 0.335 e. The third-order valence-corrected chi connectivity index (χ3v) is 4.66. The summed E-state index contributed by atoms with van der Waals surface area (Å²) in [6.07, 6.45) is 2.29. The van der Waals surface area contributed by atoms with Gasteiger partial charge < -0.3 is 20.9 Å². The van der Waals surface area contributed by atoms with Crippen LogP contribution in [-0.4, -0.2) is 30.8 Å². The number of carboxylic acid groups (broad SMARTS) is 1. The van der Waals surface area contributed by atoms with E-state index < -0.39 is 5.97 Å². The number of ether oxygens (including phenoxy) is 1. The van der Waals surface area contributed by atoms with Gasteiger partial charge in [-0.1, -0.05) is 18.2 Å². The summed E-state index contributed by atoms with van der Waals surface area (Å²) in [4.78, 5) is 11.1. The van der Waals surface area contributed by atoms with E-state index in [-0.39, 0.29) is 12.1 Å². The van der Waals surface area contributed by atoms with Crippen molar-refractivity contribution < 1.29 is 14.6 Å². The molecule has 2 aromatic rings. The van der Waals surface area contributed by atoms with Crippen LogP contribution < -0.4 is 15.8 Å². The van der Waals surface area contributed by atoms with Crippen LogP contribution >= 0.6 is 0 Å². The molecule has 0 atom stereocenters. The van der Waals surface area contributed by atoms with Gasteiger partial charge in [0.05, 0.1) is 12.2 Å². The first-order valence-corrected chi connectivity index (χ1v) is 8.67. The van der Waals surface area contributed by atoms with E-state index in [1.807, 2.05) is 30.3 Å². The van der Waals surface area contributed by atoms with Crippen molar-refractivity contribution in [3.05, 3.63) is 53.6 Å². The van der Waals surface area contributed by atoms with Crippen molar-refractivity contribution in [1.29, 1.82) is 0 Å². The summed E-state index contributed by atoms with van der Waals surface area (Å²) in [6, 6.07) is 13.0. The number of carboxylic acids is 1. The average Bonchev–Trinajstić information content (AvgIpc) is 2.67. The third kappa shape index (κ3) is 4.38. The first-order valence-electron chi connectivity index (χ1n) is 8.67. The van der Waals surface area contributed by atoms with E-state index in [0.717, 1.165) is 55.0 Å². The van der Waals surface area contributed by atoms with Crippen LogP contribution in [0.15, 0.2) is 42.5 Å². The predicted octanol–water partition coefficient (Wildman–Crippen LogP) is 2.89. The monoisotopic (exact) mass is 340 g/mol. The summed E-state index contributed by atoms with van der Waals surface area (Å²) >= 11 is 0. The zero-order chi connectivity index (χ0) is 17.6. The van der Waals surface area contributed by atoms with Gasteiger partial charge in [0.15, 0.2) is 0 Å². The molecule has 5 heteroatoms. The van der Waals surface area contributed by atoms with Crippen molar-refractivity contribution in [1.82, 2.24) is 5.32 Å². The highest BCUT2D eigenvalue weighted by Gasteiger charge is 2.14. The van der Waals surface area contributed by atoms with Crippen LogP contribution in [0.4, 0.5) is 0 Å². The molecule has 3 rings (SSSR count). The molecule has 132 valence electrons. The molecule has 25 heavy (non-hydrogen) atoms.